The molecule has 0 radical (unpaired) electrons. The zero-order valence-electron chi connectivity index (χ0n) is 12.9. The summed E-state index contributed by atoms with van der Waals surface area (Å²) < 4.78 is 5.40. The molecule has 2 heterocycles. The van der Waals surface area contributed by atoms with Gasteiger partial charge in [-0.2, -0.15) is 0 Å². The number of nitrogens with one attached hydrogen (secondary N) is 1. The molecule has 2 fully saturated rings. The molecule has 0 aromatic carbocycles. The Hall–Kier alpha value is -0.160. The average Bonchev–Trinajstić information content (AvgIpc) is 2.40. The summed E-state index contributed by atoms with van der Waals surface area (Å²) >= 11 is 0. The predicted octanol–water partition coefficient (Wildman–Crippen LogP) is 1.03. The highest BCUT2D eigenvalue weighted by molar-refractivity contribution is 4.81. The number of rotatable bonds is 5. The number of nitrogens with zero attached hydrogens (tertiary/aromatic N) is 2. The first-order valence-corrected chi connectivity index (χ1v) is 7.90. The van der Waals surface area contributed by atoms with E-state index in [2.05, 4.69) is 36.0 Å². The van der Waals surface area contributed by atoms with Crippen LogP contribution in [0.5, 0.6) is 0 Å². The second-order valence-electron chi connectivity index (χ2n) is 6.41. The van der Waals surface area contributed by atoms with Gasteiger partial charge in [-0.15, -0.1) is 0 Å². The van der Waals surface area contributed by atoms with Crippen LogP contribution in [0.15, 0.2) is 0 Å². The maximum Gasteiger partial charge on any atom is 0.0594 e. The first-order valence-electron chi connectivity index (χ1n) is 7.90. The van der Waals surface area contributed by atoms with E-state index in [-0.39, 0.29) is 0 Å². The lowest BCUT2D eigenvalue weighted by atomic mass is 9.90. The maximum absolute atomic E-state index is 5.40. The number of ether oxygens (including phenoxy) is 1. The van der Waals surface area contributed by atoms with Gasteiger partial charge in [0.2, 0.25) is 0 Å². The summed E-state index contributed by atoms with van der Waals surface area (Å²) in [5.41, 5.74) is 0. The van der Waals surface area contributed by atoms with Crippen molar-refractivity contribution < 1.29 is 4.74 Å². The molecular weight excluding hydrogens is 238 g/mol. The minimum absolute atomic E-state index is 0.577. The van der Waals surface area contributed by atoms with E-state index < -0.39 is 0 Å². The summed E-state index contributed by atoms with van der Waals surface area (Å²) in [6, 6.07) is 1.22. The van der Waals surface area contributed by atoms with Crippen molar-refractivity contribution in [1.29, 1.82) is 0 Å². The van der Waals surface area contributed by atoms with Crippen LogP contribution in [-0.4, -0.2) is 74.9 Å². The fourth-order valence-corrected chi connectivity index (χ4v) is 3.34. The van der Waals surface area contributed by atoms with Crippen LogP contribution < -0.4 is 5.32 Å². The third kappa shape index (κ3) is 5.03. The van der Waals surface area contributed by atoms with Crippen LogP contribution in [-0.2, 0) is 4.74 Å². The lowest BCUT2D eigenvalue weighted by Gasteiger charge is -2.36. The molecule has 2 atom stereocenters. The van der Waals surface area contributed by atoms with Crippen LogP contribution in [0, 0.1) is 5.92 Å². The molecule has 2 unspecified atom stereocenters. The second-order valence-corrected chi connectivity index (χ2v) is 6.41. The third-order valence-electron chi connectivity index (χ3n) is 4.65. The van der Waals surface area contributed by atoms with Crippen molar-refractivity contribution in [2.75, 3.05) is 53.0 Å². The average molecular weight is 269 g/mol. The fraction of sp³-hybridized carbons (Fsp3) is 1.00. The zero-order valence-corrected chi connectivity index (χ0v) is 12.9. The fourth-order valence-electron chi connectivity index (χ4n) is 3.34. The van der Waals surface area contributed by atoms with Crippen LogP contribution >= 0.6 is 0 Å². The molecule has 0 aromatic heterocycles. The number of morpholine rings is 1. The number of piperidine rings is 1. The summed E-state index contributed by atoms with van der Waals surface area (Å²) in [7, 11) is 2.23. The summed E-state index contributed by atoms with van der Waals surface area (Å²) in [6.45, 7) is 12.3. The molecule has 1 N–H and O–H groups in total. The molecule has 2 aliphatic heterocycles. The highest BCUT2D eigenvalue weighted by atomic mass is 16.5. The van der Waals surface area contributed by atoms with Crippen LogP contribution in [0.1, 0.15) is 26.7 Å². The Balaban J connectivity index is 1.67. The Labute approximate surface area is 118 Å². The summed E-state index contributed by atoms with van der Waals surface area (Å²) in [5.74, 6) is 0.850. The quantitative estimate of drug-likeness (QED) is 0.807. The van der Waals surface area contributed by atoms with Crippen LogP contribution in [0.25, 0.3) is 0 Å². The van der Waals surface area contributed by atoms with Gasteiger partial charge in [-0.25, -0.2) is 0 Å². The van der Waals surface area contributed by atoms with Gasteiger partial charge in [0.05, 0.1) is 13.2 Å². The zero-order chi connectivity index (χ0) is 13.7. The Kier molecular flexibility index (Phi) is 6.07. The lowest BCUT2D eigenvalue weighted by molar-refractivity contribution is 0.0332. The molecule has 112 valence electrons. The number of likely N-dealkylation sites (tertiary alicyclic amines) is 1. The van der Waals surface area contributed by atoms with E-state index in [1.807, 2.05) is 0 Å². The van der Waals surface area contributed by atoms with Crippen LogP contribution in [0.2, 0.25) is 0 Å². The molecule has 0 spiro atoms. The van der Waals surface area contributed by atoms with Crippen LogP contribution in [0.4, 0.5) is 0 Å². The molecule has 0 saturated carbocycles. The number of hydrogen-bond acceptors (Lipinski definition) is 4. The maximum atomic E-state index is 5.40. The highest BCUT2D eigenvalue weighted by Crippen LogP contribution is 2.19. The monoisotopic (exact) mass is 269 g/mol. The highest BCUT2D eigenvalue weighted by Gasteiger charge is 2.23. The van der Waals surface area contributed by atoms with E-state index in [4.69, 9.17) is 4.74 Å². The van der Waals surface area contributed by atoms with Crippen molar-refractivity contribution in [3.8, 4) is 0 Å². The Morgan fingerprint density at radius 3 is 2.37 bits per heavy atom. The van der Waals surface area contributed by atoms with E-state index in [1.54, 1.807) is 0 Å². The molecular formula is C15H31N3O. The normalized spacial score (nSPS) is 27.3. The van der Waals surface area contributed by atoms with E-state index in [0.29, 0.717) is 12.1 Å². The van der Waals surface area contributed by atoms with Gasteiger partial charge in [-0.05, 0) is 52.7 Å². The SMILES string of the molecule is CC(CN1CCOCC1)NC(C)C1CCN(C)CC1. The van der Waals surface area contributed by atoms with E-state index in [9.17, 15) is 0 Å². The molecule has 0 aromatic rings. The smallest absolute Gasteiger partial charge is 0.0594 e. The molecule has 2 aliphatic rings. The minimum atomic E-state index is 0.577. The van der Waals surface area contributed by atoms with Gasteiger partial charge in [0.25, 0.3) is 0 Å². The van der Waals surface area contributed by atoms with E-state index in [0.717, 1.165) is 38.8 Å². The Morgan fingerprint density at radius 2 is 1.74 bits per heavy atom. The van der Waals surface area contributed by atoms with Crippen molar-refractivity contribution in [3.63, 3.8) is 0 Å². The Bertz CT molecular complexity index is 248. The molecule has 0 bridgehead atoms. The van der Waals surface area contributed by atoms with E-state index >= 15 is 0 Å². The lowest BCUT2D eigenvalue weighted by Crippen LogP contribution is -2.49. The van der Waals surface area contributed by atoms with Crippen molar-refractivity contribution in [2.24, 2.45) is 5.92 Å². The molecule has 0 amide bonds. The molecule has 2 rings (SSSR count). The first-order chi connectivity index (χ1) is 9.15. The summed E-state index contributed by atoms with van der Waals surface area (Å²) in [6.07, 6.45) is 2.68. The standard InChI is InChI=1S/C15H31N3O/c1-13(12-18-8-10-19-11-9-18)16-14(2)15-4-6-17(3)7-5-15/h13-16H,4-12H2,1-3H3. The molecule has 0 aliphatic carbocycles. The van der Waals surface area contributed by atoms with Gasteiger partial charge in [0.1, 0.15) is 0 Å². The summed E-state index contributed by atoms with van der Waals surface area (Å²) in [4.78, 5) is 4.96. The van der Waals surface area contributed by atoms with Gasteiger partial charge in [-0.1, -0.05) is 0 Å². The molecule has 4 nitrogen and oxygen atoms in total. The van der Waals surface area contributed by atoms with Crippen molar-refractivity contribution in [3.05, 3.63) is 0 Å². The molecule has 4 heteroatoms. The first kappa shape index (κ1) is 15.2. The van der Waals surface area contributed by atoms with Gasteiger partial charge in [-0.3, -0.25) is 4.90 Å². The summed E-state index contributed by atoms with van der Waals surface area (Å²) in [5, 5.41) is 3.81. The molecule has 19 heavy (non-hydrogen) atoms. The largest absolute Gasteiger partial charge is 0.379 e. The third-order valence-corrected chi connectivity index (χ3v) is 4.65. The van der Waals surface area contributed by atoms with E-state index in [1.165, 1.54) is 25.9 Å². The van der Waals surface area contributed by atoms with Crippen LogP contribution in [0.3, 0.4) is 0 Å². The molecule has 2 saturated heterocycles. The Morgan fingerprint density at radius 1 is 1.11 bits per heavy atom. The van der Waals surface area contributed by atoms with Gasteiger partial charge >= 0.3 is 0 Å². The van der Waals surface area contributed by atoms with Gasteiger partial charge in [0.15, 0.2) is 0 Å². The predicted molar refractivity (Wildman–Crippen MR) is 79.5 cm³/mol. The van der Waals surface area contributed by atoms with Crippen molar-refractivity contribution in [2.45, 2.75) is 38.8 Å². The number of hydrogen-bond donors (Lipinski definition) is 1. The second kappa shape index (κ2) is 7.58. The van der Waals surface area contributed by atoms with Gasteiger partial charge < -0.3 is 15.0 Å². The van der Waals surface area contributed by atoms with Crippen molar-refractivity contribution >= 4 is 0 Å². The van der Waals surface area contributed by atoms with Gasteiger partial charge in [0, 0.05) is 31.7 Å². The topological polar surface area (TPSA) is 27.7 Å². The minimum Gasteiger partial charge on any atom is -0.379 e. The van der Waals surface area contributed by atoms with Crippen molar-refractivity contribution in [1.82, 2.24) is 15.1 Å².